The maximum Gasteiger partial charge on any atom is 0.410 e. The maximum absolute atomic E-state index is 12.6. The van der Waals surface area contributed by atoms with E-state index in [0.717, 1.165) is 23.2 Å². The number of phenols is 1. The van der Waals surface area contributed by atoms with Crippen LogP contribution in [0.3, 0.4) is 0 Å². The van der Waals surface area contributed by atoms with Crippen LogP contribution in [0.1, 0.15) is 31.9 Å². The van der Waals surface area contributed by atoms with Gasteiger partial charge in [0, 0.05) is 24.8 Å². The van der Waals surface area contributed by atoms with Crippen molar-refractivity contribution in [3.63, 3.8) is 0 Å². The van der Waals surface area contributed by atoms with Gasteiger partial charge >= 0.3 is 6.09 Å². The minimum atomic E-state index is -0.558. The number of nitrogen functional groups attached to an aromatic ring is 1. The highest BCUT2D eigenvalue weighted by Crippen LogP contribution is 2.33. The Morgan fingerprint density at radius 3 is 2.70 bits per heavy atom. The molecule has 4 aromatic rings. The third kappa shape index (κ3) is 3.84. The van der Waals surface area contributed by atoms with E-state index < -0.39 is 5.60 Å². The van der Waals surface area contributed by atoms with Gasteiger partial charge in [-0.3, -0.25) is 4.57 Å². The summed E-state index contributed by atoms with van der Waals surface area (Å²) in [5, 5.41) is 17.7. The Kier molecular flexibility index (Phi) is 4.73. The fraction of sp³-hybridized carbons (Fsp3) is 0.304. The van der Waals surface area contributed by atoms with Gasteiger partial charge in [-0.1, -0.05) is 6.07 Å². The van der Waals surface area contributed by atoms with Gasteiger partial charge in [0.25, 0.3) is 0 Å². The van der Waals surface area contributed by atoms with Crippen molar-refractivity contribution in [3.05, 3.63) is 47.5 Å². The lowest BCUT2D eigenvalue weighted by atomic mass is 9.99. The zero-order chi connectivity index (χ0) is 23.3. The Morgan fingerprint density at radius 2 is 1.97 bits per heavy atom. The number of carbonyl (C=O) groups is 1. The number of amides is 1. The van der Waals surface area contributed by atoms with Crippen LogP contribution < -0.4 is 5.73 Å². The number of nitrogens with zero attached hydrogens (tertiary/aromatic N) is 5. The predicted octanol–water partition coefficient (Wildman–Crippen LogP) is 3.66. The van der Waals surface area contributed by atoms with Crippen LogP contribution >= 0.6 is 0 Å². The zero-order valence-electron chi connectivity index (χ0n) is 18.6. The third-order valence-corrected chi connectivity index (χ3v) is 5.48. The quantitative estimate of drug-likeness (QED) is 0.475. The fourth-order valence-electron chi connectivity index (χ4n) is 4.00. The molecule has 2 aromatic heterocycles. The van der Waals surface area contributed by atoms with Gasteiger partial charge in [0.2, 0.25) is 0 Å². The van der Waals surface area contributed by atoms with Gasteiger partial charge in [0.05, 0.1) is 11.0 Å². The number of hydrogen-bond acceptors (Lipinski definition) is 8. The first-order chi connectivity index (χ1) is 15.7. The molecule has 3 heterocycles. The summed E-state index contributed by atoms with van der Waals surface area (Å²) < 4.78 is 12.2. The lowest BCUT2D eigenvalue weighted by Crippen LogP contribution is -2.39. The molecule has 0 unspecified atom stereocenters. The molecule has 10 nitrogen and oxygen atoms in total. The highest BCUT2D eigenvalue weighted by Gasteiger charge is 2.27. The Morgan fingerprint density at radius 1 is 1.15 bits per heavy atom. The van der Waals surface area contributed by atoms with Crippen LogP contribution in [0.2, 0.25) is 0 Å². The number of carbonyl (C=O) groups excluding carboxylic acids is 1. The van der Waals surface area contributed by atoms with E-state index in [0.29, 0.717) is 35.6 Å². The Hall–Kier alpha value is -4.08. The molecule has 10 heteroatoms. The summed E-state index contributed by atoms with van der Waals surface area (Å²) in [7, 11) is 0. The number of nitrogens with two attached hydrogens (primary N) is 1. The molecule has 1 aliphatic heterocycles. The molecule has 1 aliphatic rings. The Bertz CT molecular complexity index is 1370. The topological polar surface area (TPSA) is 133 Å². The molecule has 0 saturated heterocycles. The largest absolute Gasteiger partial charge is 0.508 e. The van der Waals surface area contributed by atoms with Crippen molar-refractivity contribution >= 4 is 22.9 Å². The zero-order valence-corrected chi connectivity index (χ0v) is 18.6. The van der Waals surface area contributed by atoms with Crippen LogP contribution in [0.25, 0.3) is 28.2 Å². The molecule has 3 N–H and O–H groups in total. The summed E-state index contributed by atoms with van der Waals surface area (Å²) in [6.07, 6.45) is 0.395. The highest BCUT2D eigenvalue weighted by molar-refractivity contribution is 5.85. The van der Waals surface area contributed by atoms with Crippen molar-refractivity contribution in [2.24, 2.45) is 0 Å². The van der Waals surface area contributed by atoms with E-state index in [2.05, 4.69) is 15.3 Å². The molecule has 1 amide bonds. The minimum absolute atomic E-state index is 0.107. The summed E-state index contributed by atoms with van der Waals surface area (Å²) >= 11 is 0. The molecule has 0 spiro atoms. The number of imidazole rings is 1. The lowest BCUT2D eigenvalue weighted by Gasteiger charge is -2.31. The number of ether oxygens (including phenoxy) is 1. The van der Waals surface area contributed by atoms with Crippen molar-refractivity contribution in [2.45, 2.75) is 39.3 Å². The Labute approximate surface area is 189 Å². The normalized spacial score (nSPS) is 13.8. The number of rotatable bonds is 2. The number of phenolic OH excluding ortho intramolecular Hbond substituents is 1. The average molecular weight is 448 g/mol. The first-order valence-corrected chi connectivity index (χ1v) is 10.6. The standard InChI is InChI=1S/C23H24N6O4/c1-23(2,3)32-22(31)28-9-8-13-4-5-15(10-14(13)12-28)29-18-11-16(30)6-7-17(18)25-21(29)19-20(24)27-33-26-19/h4-7,10-11,30H,8-9,12H2,1-3H3,(H2,24,27). The molecule has 5 rings (SSSR count). The van der Waals surface area contributed by atoms with Gasteiger partial charge in [0.1, 0.15) is 11.4 Å². The van der Waals surface area contributed by atoms with Gasteiger partial charge in [-0.15, -0.1) is 0 Å². The van der Waals surface area contributed by atoms with Gasteiger partial charge < -0.3 is 20.5 Å². The molecule has 0 bridgehead atoms. The molecular formula is C23H24N6O4. The SMILES string of the molecule is CC(C)(C)OC(=O)N1CCc2ccc(-n3c(-c4nonc4N)nc4ccc(O)cc43)cc2C1. The summed E-state index contributed by atoms with van der Waals surface area (Å²) in [5.74, 6) is 0.662. The van der Waals surface area contributed by atoms with Crippen LogP contribution in [0.5, 0.6) is 5.75 Å². The van der Waals surface area contributed by atoms with Crippen molar-refractivity contribution in [2.75, 3.05) is 12.3 Å². The molecule has 0 radical (unpaired) electrons. The molecule has 33 heavy (non-hydrogen) atoms. The fourth-order valence-corrected chi connectivity index (χ4v) is 4.00. The molecular weight excluding hydrogens is 424 g/mol. The smallest absolute Gasteiger partial charge is 0.410 e. The first-order valence-electron chi connectivity index (χ1n) is 10.6. The van der Waals surface area contributed by atoms with Crippen LogP contribution in [0.4, 0.5) is 10.6 Å². The number of aromatic hydroxyl groups is 1. The Balaban J connectivity index is 1.60. The van der Waals surface area contributed by atoms with Gasteiger partial charge in [-0.2, -0.15) is 0 Å². The summed E-state index contributed by atoms with van der Waals surface area (Å²) in [6.45, 7) is 6.58. The second-order valence-electron chi connectivity index (χ2n) is 9.05. The maximum atomic E-state index is 12.6. The second kappa shape index (κ2) is 7.51. The number of aromatic nitrogens is 4. The van der Waals surface area contributed by atoms with Crippen LogP contribution in [0.15, 0.2) is 41.0 Å². The minimum Gasteiger partial charge on any atom is -0.508 e. The van der Waals surface area contributed by atoms with Crippen molar-refractivity contribution < 1.29 is 19.3 Å². The third-order valence-electron chi connectivity index (χ3n) is 5.48. The van der Waals surface area contributed by atoms with E-state index >= 15 is 0 Å². The van der Waals surface area contributed by atoms with Crippen molar-refractivity contribution in [1.82, 2.24) is 24.8 Å². The van der Waals surface area contributed by atoms with Crippen LogP contribution in [-0.4, -0.2) is 48.1 Å². The van der Waals surface area contributed by atoms with E-state index in [4.69, 9.17) is 15.1 Å². The van der Waals surface area contributed by atoms with E-state index in [-0.39, 0.29) is 17.7 Å². The number of fused-ring (bicyclic) bond motifs is 2. The monoisotopic (exact) mass is 448 g/mol. The average Bonchev–Trinajstić information content (AvgIpc) is 3.34. The summed E-state index contributed by atoms with van der Waals surface area (Å²) in [5.41, 5.74) is 9.97. The molecule has 2 aromatic carbocycles. The predicted molar refractivity (Wildman–Crippen MR) is 121 cm³/mol. The first kappa shape index (κ1) is 20.8. The molecule has 0 fully saturated rings. The highest BCUT2D eigenvalue weighted by atomic mass is 16.6. The van der Waals surface area contributed by atoms with Crippen LogP contribution in [0, 0.1) is 0 Å². The van der Waals surface area contributed by atoms with E-state index in [9.17, 15) is 9.90 Å². The molecule has 0 atom stereocenters. The summed E-state index contributed by atoms with van der Waals surface area (Å²) in [6, 6.07) is 10.9. The molecule has 0 saturated carbocycles. The van der Waals surface area contributed by atoms with Crippen molar-refractivity contribution in [1.29, 1.82) is 0 Å². The second-order valence-corrected chi connectivity index (χ2v) is 9.05. The van der Waals surface area contributed by atoms with E-state index in [1.54, 1.807) is 23.1 Å². The van der Waals surface area contributed by atoms with E-state index in [1.165, 1.54) is 0 Å². The van der Waals surface area contributed by atoms with E-state index in [1.807, 2.05) is 43.5 Å². The van der Waals surface area contributed by atoms with Gasteiger partial charge in [-0.25, -0.2) is 14.4 Å². The molecule has 170 valence electrons. The summed E-state index contributed by atoms with van der Waals surface area (Å²) in [4.78, 5) is 19.0. The van der Waals surface area contributed by atoms with Gasteiger partial charge in [-0.05, 0) is 72.9 Å². The number of hydrogen-bond donors (Lipinski definition) is 2. The van der Waals surface area contributed by atoms with Gasteiger partial charge in [0.15, 0.2) is 17.3 Å². The lowest BCUT2D eigenvalue weighted by molar-refractivity contribution is 0.0224. The van der Waals surface area contributed by atoms with Crippen LogP contribution in [-0.2, 0) is 17.7 Å². The number of benzene rings is 2. The molecule has 0 aliphatic carbocycles. The number of anilines is 1. The van der Waals surface area contributed by atoms with Crippen molar-refractivity contribution in [3.8, 4) is 23.0 Å².